The molecule has 0 aliphatic carbocycles. The van der Waals surface area contributed by atoms with Crippen molar-refractivity contribution in [1.29, 1.82) is 5.41 Å². The summed E-state index contributed by atoms with van der Waals surface area (Å²) in [6.45, 7) is -0.00729. The lowest BCUT2D eigenvalue weighted by atomic mass is 10.0. The number of alkyl halides is 1. The molecule has 0 saturated carbocycles. The van der Waals surface area contributed by atoms with Gasteiger partial charge in [-0.25, -0.2) is 9.18 Å². The summed E-state index contributed by atoms with van der Waals surface area (Å²) in [6.07, 6.45) is 0.357. The Kier molecular flexibility index (Phi) is 9.78. The number of anilines is 2. The molecular formula is C29H26ClFIN5O5. The molecule has 0 radical (unpaired) electrons. The Labute approximate surface area is 259 Å². The van der Waals surface area contributed by atoms with Crippen LogP contribution in [0.25, 0.3) is 11.1 Å². The van der Waals surface area contributed by atoms with Gasteiger partial charge >= 0.3 is 5.97 Å². The average Bonchev–Trinajstić information content (AvgIpc) is 3.38. The summed E-state index contributed by atoms with van der Waals surface area (Å²) in [5.41, 5.74) is 5.69. The highest BCUT2D eigenvalue weighted by molar-refractivity contribution is 14.1. The van der Waals surface area contributed by atoms with Crippen molar-refractivity contribution < 1.29 is 28.3 Å². The predicted molar refractivity (Wildman–Crippen MR) is 166 cm³/mol. The topological polar surface area (TPSA) is 155 Å². The first-order valence-corrected chi connectivity index (χ1v) is 14.3. The Morgan fingerprint density at radius 3 is 2.50 bits per heavy atom. The third-order valence-corrected chi connectivity index (χ3v) is 7.91. The lowest BCUT2D eigenvalue weighted by molar-refractivity contribution is -0.135. The normalized spacial score (nSPS) is 16.0. The minimum Gasteiger partial charge on any atom is -0.465 e. The van der Waals surface area contributed by atoms with E-state index in [1.165, 1.54) is 36.3 Å². The van der Waals surface area contributed by atoms with E-state index >= 15 is 4.39 Å². The second-order valence-corrected chi connectivity index (χ2v) is 11.5. The van der Waals surface area contributed by atoms with Gasteiger partial charge in [-0.15, -0.1) is 0 Å². The zero-order chi connectivity index (χ0) is 30.6. The van der Waals surface area contributed by atoms with Gasteiger partial charge in [0.25, 0.3) is 5.91 Å². The molecule has 1 fully saturated rings. The van der Waals surface area contributed by atoms with Gasteiger partial charge in [-0.2, -0.15) is 0 Å². The third kappa shape index (κ3) is 6.71. The molecule has 3 aromatic rings. The Morgan fingerprint density at radius 2 is 1.81 bits per heavy atom. The van der Waals surface area contributed by atoms with Crippen LogP contribution in [0.2, 0.25) is 5.02 Å². The molecule has 5 N–H and O–H groups in total. The second-order valence-electron chi connectivity index (χ2n) is 9.38. The van der Waals surface area contributed by atoms with Crippen molar-refractivity contribution >= 4 is 75.0 Å². The molecule has 13 heteroatoms. The number of nitrogens with one attached hydrogen (secondary N) is 3. The van der Waals surface area contributed by atoms with Crippen LogP contribution in [-0.4, -0.2) is 64.5 Å². The van der Waals surface area contributed by atoms with Gasteiger partial charge in [0.15, 0.2) is 5.82 Å². The first-order valence-electron chi connectivity index (χ1n) is 12.6. The highest BCUT2D eigenvalue weighted by Crippen LogP contribution is 2.33. The number of nitrogens with zero attached hydrogens (tertiary/aromatic N) is 1. The highest BCUT2D eigenvalue weighted by atomic mass is 127. The summed E-state index contributed by atoms with van der Waals surface area (Å²) < 4.78 is 20.1. The van der Waals surface area contributed by atoms with E-state index in [0.717, 1.165) is 0 Å². The average molecular weight is 706 g/mol. The van der Waals surface area contributed by atoms with Crippen LogP contribution >= 0.6 is 34.2 Å². The van der Waals surface area contributed by atoms with E-state index in [4.69, 9.17) is 27.5 Å². The molecule has 0 spiro atoms. The third-order valence-electron chi connectivity index (χ3n) is 6.68. The Bertz CT molecular complexity index is 1590. The number of ether oxygens (including phenoxy) is 1. The number of benzene rings is 3. The quantitative estimate of drug-likeness (QED) is 0.113. The molecular weight excluding hydrogens is 680 g/mol. The van der Waals surface area contributed by atoms with E-state index < -0.39 is 41.3 Å². The van der Waals surface area contributed by atoms with Crippen LogP contribution in [-0.2, 0) is 19.1 Å². The van der Waals surface area contributed by atoms with E-state index in [2.05, 4.69) is 33.2 Å². The number of halogens is 3. The minimum absolute atomic E-state index is 0.00885. The Hall–Kier alpha value is -4.04. The number of carbonyl (C=O) groups is 4. The van der Waals surface area contributed by atoms with Gasteiger partial charge in [-0.1, -0.05) is 64.5 Å². The first-order chi connectivity index (χ1) is 20.0. The van der Waals surface area contributed by atoms with Crippen molar-refractivity contribution in [3.63, 3.8) is 0 Å². The van der Waals surface area contributed by atoms with Crippen molar-refractivity contribution in [2.45, 2.75) is 16.4 Å². The smallest absolute Gasteiger partial charge is 0.337 e. The lowest BCUT2D eigenvalue weighted by Gasteiger charge is -2.25. The summed E-state index contributed by atoms with van der Waals surface area (Å²) in [5.74, 6) is -3.34. The highest BCUT2D eigenvalue weighted by Gasteiger charge is 2.38. The molecule has 218 valence electrons. The largest absolute Gasteiger partial charge is 0.465 e. The fourth-order valence-corrected chi connectivity index (χ4v) is 5.74. The standard InChI is InChI=1S/C29H26ClFIN5O5/c1-42-29(41)15-9-10-21(19(11-15)26(33)27(34)39)35-13-24(38)37-14-16(32)12-23(37)28(40)36-22-8-4-6-18(25(22)31)17-5-2-3-7-20(17)30/h2-11,16,23,33,35H,12-14H2,1H3,(H2,34,39)(H,36,40)/t16-,23+/m1/s1. The van der Waals surface area contributed by atoms with Crippen molar-refractivity contribution in [1.82, 2.24) is 4.90 Å². The molecule has 1 aliphatic rings. The predicted octanol–water partition coefficient (Wildman–Crippen LogP) is 4.24. The molecule has 0 bridgehead atoms. The van der Waals surface area contributed by atoms with Gasteiger partial charge in [0, 0.05) is 37.9 Å². The molecule has 4 rings (SSSR count). The first kappa shape index (κ1) is 30.9. The summed E-state index contributed by atoms with van der Waals surface area (Å²) in [6, 6.07) is 14.6. The van der Waals surface area contributed by atoms with E-state index in [-0.39, 0.29) is 45.1 Å². The van der Waals surface area contributed by atoms with Crippen LogP contribution in [0, 0.1) is 11.2 Å². The molecule has 3 amide bonds. The van der Waals surface area contributed by atoms with Crippen LogP contribution in [0.5, 0.6) is 0 Å². The van der Waals surface area contributed by atoms with E-state index in [1.54, 1.807) is 36.4 Å². The minimum atomic E-state index is -1.03. The summed E-state index contributed by atoms with van der Waals surface area (Å²) in [7, 11) is 1.19. The molecule has 42 heavy (non-hydrogen) atoms. The molecule has 1 aliphatic heterocycles. The number of amides is 3. The van der Waals surface area contributed by atoms with Gasteiger partial charge in [0.2, 0.25) is 11.8 Å². The van der Waals surface area contributed by atoms with Crippen LogP contribution in [0.15, 0.2) is 60.7 Å². The summed E-state index contributed by atoms with van der Waals surface area (Å²) in [4.78, 5) is 51.6. The zero-order valence-electron chi connectivity index (χ0n) is 22.2. The van der Waals surface area contributed by atoms with Crippen LogP contribution in [0.4, 0.5) is 15.8 Å². The SMILES string of the molecule is COC(=O)c1ccc(NCC(=O)N2C[C@H](I)C[C@H]2C(=O)Nc2cccc(-c3ccccc3Cl)c2F)c(C(=N)C(N)=O)c1. The van der Waals surface area contributed by atoms with E-state index in [9.17, 15) is 19.2 Å². The molecule has 0 unspecified atom stereocenters. The van der Waals surface area contributed by atoms with Crippen LogP contribution in [0.3, 0.4) is 0 Å². The molecule has 10 nitrogen and oxygen atoms in total. The van der Waals surface area contributed by atoms with Crippen molar-refractivity contribution in [2.75, 3.05) is 30.8 Å². The van der Waals surface area contributed by atoms with Gasteiger partial charge < -0.3 is 26.0 Å². The molecule has 1 heterocycles. The van der Waals surface area contributed by atoms with E-state index in [1.807, 2.05) is 0 Å². The number of primary amides is 1. The Morgan fingerprint density at radius 1 is 1.10 bits per heavy atom. The number of likely N-dealkylation sites (tertiary alicyclic amines) is 1. The number of methoxy groups -OCH3 is 1. The number of hydrogen-bond acceptors (Lipinski definition) is 7. The molecule has 1 saturated heterocycles. The maximum atomic E-state index is 15.4. The van der Waals surface area contributed by atoms with Crippen molar-refractivity contribution in [3.05, 3.63) is 82.6 Å². The molecule has 3 aromatic carbocycles. The number of rotatable bonds is 9. The number of hydrogen-bond donors (Lipinski definition) is 4. The lowest BCUT2D eigenvalue weighted by Crippen LogP contribution is -2.45. The molecule has 0 aromatic heterocycles. The number of esters is 1. The summed E-state index contributed by atoms with van der Waals surface area (Å²) >= 11 is 8.40. The van der Waals surface area contributed by atoms with E-state index in [0.29, 0.717) is 17.0 Å². The van der Waals surface area contributed by atoms with Crippen LogP contribution < -0.4 is 16.4 Å². The number of carbonyl (C=O) groups excluding carboxylic acids is 4. The second kappa shape index (κ2) is 13.3. The maximum Gasteiger partial charge on any atom is 0.337 e. The summed E-state index contributed by atoms with van der Waals surface area (Å²) in [5, 5.41) is 13.9. The van der Waals surface area contributed by atoms with Crippen LogP contribution in [0.1, 0.15) is 22.3 Å². The van der Waals surface area contributed by atoms with Crippen molar-refractivity contribution in [3.8, 4) is 11.1 Å². The zero-order valence-corrected chi connectivity index (χ0v) is 25.2. The van der Waals surface area contributed by atoms with Crippen molar-refractivity contribution in [2.24, 2.45) is 5.73 Å². The monoisotopic (exact) mass is 705 g/mol. The fraction of sp³-hybridized carbons (Fsp3) is 0.207. The van der Waals surface area contributed by atoms with Gasteiger partial charge in [0.1, 0.15) is 11.8 Å². The number of nitrogens with two attached hydrogens (primary N) is 1. The van der Waals surface area contributed by atoms with Gasteiger partial charge in [0.05, 0.1) is 24.9 Å². The van der Waals surface area contributed by atoms with Gasteiger partial charge in [-0.05, 0) is 36.8 Å². The molecule has 2 atom stereocenters. The fourth-order valence-electron chi connectivity index (χ4n) is 4.60. The van der Waals surface area contributed by atoms with Gasteiger partial charge in [-0.3, -0.25) is 19.8 Å². The Balaban J connectivity index is 1.51. The maximum absolute atomic E-state index is 15.4.